The molecule has 0 fully saturated rings. The predicted molar refractivity (Wildman–Crippen MR) is 88.2 cm³/mol. The van der Waals surface area contributed by atoms with E-state index in [4.69, 9.17) is 0 Å². The van der Waals surface area contributed by atoms with Crippen LogP contribution in [-0.4, -0.2) is 34.7 Å². The molecule has 5 heteroatoms. The first-order valence-electron chi connectivity index (χ1n) is 8.12. The number of rotatable bonds is 7. The zero-order valence-corrected chi connectivity index (χ0v) is 14.0. The summed E-state index contributed by atoms with van der Waals surface area (Å²) in [6, 6.07) is 6.65. The maximum atomic E-state index is 12.2. The average Bonchev–Trinajstić information content (AvgIpc) is 2.72. The Labute approximate surface area is 137 Å². The summed E-state index contributed by atoms with van der Waals surface area (Å²) in [4.78, 5) is 37.7. The zero-order valence-electron chi connectivity index (χ0n) is 14.0. The van der Waals surface area contributed by atoms with Crippen LogP contribution in [0.25, 0.3) is 0 Å². The number of benzene rings is 1. The lowest BCUT2D eigenvalue weighted by atomic mass is 9.96. The first kappa shape index (κ1) is 17.2. The molecular weight excluding hydrogens is 292 g/mol. The molecule has 23 heavy (non-hydrogen) atoms. The molecule has 1 N–H and O–H groups in total. The predicted octanol–water partition coefficient (Wildman–Crippen LogP) is 2.76. The summed E-state index contributed by atoms with van der Waals surface area (Å²) in [7, 11) is 0. The summed E-state index contributed by atoms with van der Waals surface area (Å²) in [5.41, 5.74) is 0.394. The number of carbonyl (C=O) groups is 3. The van der Waals surface area contributed by atoms with Gasteiger partial charge < -0.3 is 5.32 Å². The molecule has 0 spiro atoms. The minimum absolute atomic E-state index is 0.233. The molecule has 1 aliphatic rings. The van der Waals surface area contributed by atoms with Gasteiger partial charge in [-0.3, -0.25) is 19.3 Å². The molecule has 0 saturated heterocycles. The van der Waals surface area contributed by atoms with Crippen LogP contribution in [0.5, 0.6) is 0 Å². The van der Waals surface area contributed by atoms with Gasteiger partial charge in [-0.15, -0.1) is 0 Å². The van der Waals surface area contributed by atoms with Crippen molar-refractivity contribution >= 4 is 17.7 Å². The highest BCUT2D eigenvalue weighted by Gasteiger charge is 2.36. The summed E-state index contributed by atoms with van der Waals surface area (Å²) in [6.07, 6.45) is 4.16. The Bertz CT molecular complexity index is 587. The van der Waals surface area contributed by atoms with Crippen LogP contribution in [0, 0.1) is 0 Å². The fourth-order valence-corrected chi connectivity index (χ4v) is 2.82. The highest BCUT2D eigenvalue weighted by atomic mass is 16.2. The quantitative estimate of drug-likeness (QED) is 0.621. The van der Waals surface area contributed by atoms with Crippen LogP contribution < -0.4 is 5.32 Å². The SMILES string of the molecule is CCCCCC(C)(C)NC(=O)CN1C(=O)c2ccccc2C1=O. The van der Waals surface area contributed by atoms with Crippen molar-refractivity contribution in [1.29, 1.82) is 0 Å². The topological polar surface area (TPSA) is 66.5 Å². The lowest BCUT2D eigenvalue weighted by Gasteiger charge is -2.27. The number of hydrogen-bond donors (Lipinski definition) is 1. The van der Waals surface area contributed by atoms with E-state index in [1.165, 1.54) is 0 Å². The van der Waals surface area contributed by atoms with E-state index in [0.29, 0.717) is 11.1 Å². The number of imide groups is 1. The highest BCUT2D eigenvalue weighted by Crippen LogP contribution is 2.22. The van der Waals surface area contributed by atoms with Crippen molar-refractivity contribution in [1.82, 2.24) is 10.2 Å². The summed E-state index contributed by atoms with van der Waals surface area (Å²) in [5, 5.41) is 2.92. The first-order valence-corrected chi connectivity index (χ1v) is 8.12. The molecule has 0 aliphatic carbocycles. The second kappa shape index (κ2) is 6.94. The van der Waals surface area contributed by atoms with Crippen LogP contribution >= 0.6 is 0 Å². The van der Waals surface area contributed by atoms with Gasteiger partial charge in [-0.2, -0.15) is 0 Å². The fourth-order valence-electron chi connectivity index (χ4n) is 2.82. The Balaban J connectivity index is 1.96. The van der Waals surface area contributed by atoms with Crippen LogP contribution in [0.3, 0.4) is 0 Å². The number of nitrogens with zero attached hydrogens (tertiary/aromatic N) is 1. The third-order valence-electron chi connectivity index (χ3n) is 4.06. The number of nitrogens with one attached hydrogen (secondary N) is 1. The minimum atomic E-state index is -0.399. The summed E-state index contributed by atoms with van der Waals surface area (Å²) >= 11 is 0. The van der Waals surface area contributed by atoms with Crippen molar-refractivity contribution in [2.45, 2.75) is 52.0 Å². The molecule has 0 radical (unpaired) electrons. The van der Waals surface area contributed by atoms with E-state index in [0.717, 1.165) is 30.6 Å². The smallest absolute Gasteiger partial charge is 0.262 e. The van der Waals surface area contributed by atoms with E-state index in [1.807, 2.05) is 13.8 Å². The summed E-state index contributed by atoms with van der Waals surface area (Å²) in [6.45, 7) is 5.82. The molecule has 124 valence electrons. The number of hydrogen-bond acceptors (Lipinski definition) is 3. The van der Waals surface area contributed by atoms with Gasteiger partial charge in [0.1, 0.15) is 6.54 Å². The van der Waals surface area contributed by atoms with E-state index in [9.17, 15) is 14.4 Å². The largest absolute Gasteiger partial charge is 0.350 e. The minimum Gasteiger partial charge on any atom is -0.350 e. The molecule has 1 aliphatic heterocycles. The third kappa shape index (κ3) is 3.97. The van der Waals surface area contributed by atoms with Gasteiger partial charge in [0, 0.05) is 5.54 Å². The molecule has 1 aromatic carbocycles. The van der Waals surface area contributed by atoms with Crippen LogP contribution in [0.15, 0.2) is 24.3 Å². The number of fused-ring (bicyclic) bond motifs is 1. The van der Waals surface area contributed by atoms with Gasteiger partial charge in [0.05, 0.1) is 11.1 Å². The van der Waals surface area contributed by atoms with Gasteiger partial charge in [0.2, 0.25) is 5.91 Å². The van der Waals surface area contributed by atoms with Gasteiger partial charge in [-0.05, 0) is 32.4 Å². The normalized spacial score (nSPS) is 14.1. The van der Waals surface area contributed by atoms with E-state index < -0.39 is 11.8 Å². The van der Waals surface area contributed by atoms with Gasteiger partial charge in [0.25, 0.3) is 11.8 Å². The van der Waals surface area contributed by atoms with E-state index >= 15 is 0 Å². The third-order valence-corrected chi connectivity index (χ3v) is 4.06. The molecular formula is C18H24N2O3. The van der Waals surface area contributed by atoms with Crippen molar-refractivity contribution < 1.29 is 14.4 Å². The first-order chi connectivity index (χ1) is 10.9. The number of unbranched alkanes of at least 4 members (excludes halogenated alkanes) is 2. The molecule has 0 saturated carbocycles. The van der Waals surface area contributed by atoms with Gasteiger partial charge >= 0.3 is 0 Å². The van der Waals surface area contributed by atoms with Gasteiger partial charge in [0.15, 0.2) is 0 Å². The second-order valence-electron chi connectivity index (χ2n) is 6.63. The van der Waals surface area contributed by atoms with Crippen molar-refractivity contribution in [2.75, 3.05) is 6.54 Å². The van der Waals surface area contributed by atoms with Gasteiger partial charge in [-0.25, -0.2) is 0 Å². The Morgan fingerprint density at radius 3 is 2.17 bits per heavy atom. The summed E-state index contributed by atoms with van der Waals surface area (Å²) < 4.78 is 0. The van der Waals surface area contributed by atoms with E-state index in [1.54, 1.807) is 24.3 Å². The van der Waals surface area contributed by atoms with E-state index in [2.05, 4.69) is 12.2 Å². The highest BCUT2D eigenvalue weighted by molar-refractivity contribution is 6.22. The van der Waals surface area contributed by atoms with Crippen LogP contribution in [0.1, 0.15) is 67.2 Å². The lowest BCUT2D eigenvalue weighted by Crippen LogP contribution is -2.48. The maximum Gasteiger partial charge on any atom is 0.262 e. The van der Waals surface area contributed by atoms with Gasteiger partial charge in [-0.1, -0.05) is 38.3 Å². The molecule has 0 aromatic heterocycles. The Morgan fingerprint density at radius 2 is 1.65 bits per heavy atom. The van der Waals surface area contributed by atoms with Crippen molar-refractivity contribution in [3.05, 3.63) is 35.4 Å². The van der Waals surface area contributed by atoms with Crippen molar-refractivity contribution in [2.24, 2.45) is 0 Å². The Morgan fingerprint density at radius 1 is 1.09 bits per heavy atom. The average molecular weight is 316 g/mol. The molecule has 0 atom stereocenters. The number of amides is 3. The molecule has 0 unspecified atom stereocenters. The fraction of sp³-hybridized carbons (Fsp3) is 0.500. The van der Waals surface area contributed by atoms with Crippen LogP contribution in [0.2, 0.25) is 0 Å². The maximum absolute atomic E-state index is 12.2. The molecule has 0 bridgehead atoms. The van der Waals surface area contributed by atoms with Crippen LogP contribution in [-0.2, 0) is 4.79 Å². The molecule has 5 nitrogen and oxygen atoms in total. The second-order valence-corrected chi connectivity index (χ2v) is 6.63. The zero-order chi connectivity index (χ0) is 17.0. The Hall–Kier alpha value is -2.17. The Kier molecular flexibility index (Phi) is 5.19. The van der Waals surface area contributed by atoms with Crippen LogP contribution in [0.4, 0.5) is 0 Å². The van der Waals surface area contributed by atoms with Crippen molar-refractivity contribution in [3.8, 4) is 0 Å². The lowest BCUT2D eigenvalue weighted by molar-refractivity contribution is -0.123. The van der Waals surface area contributed by atoms with Crippen molar-refractivity contribution in [3.63, 3.8) is 0 Å². The standard InChI is InChI=1S/C18H24N2O3/c1-4-5-8-11-18(2,3)19-15(21)12-20-16(22)13-9-6-7-10-14(13)17(20)23/h6-7,9-10H,4-5,8,11-12H2,1-3H3,(H,19,21). The molecule has 1 heterocycles. The molecule has 1 aromatic rings. The number of carbonyl (C=O) groups excluding carboxylic acids is 3. The molecule has 2 rings (SSSR count). The molecule has 3 amide bonds. The van der Waals surface area contributed by atoms with E-state index in [-0.39, 0.29) is 18.0 Å². The summed E-state index contributed by atoms with van der Waals surface area (Å²) in [5.74, 6) is -1.10. The monoisotopic (exact) mass is 316 g/mol.